The summed E-state index contributed by atoms with van der Waals surface area (Å²) in [6, 6.07) is 4.80. The predicted octanol–water partition coefficient (Wildman–Crippen LogP) is -2.67. The number of rotatable bonds is 21. The fourth-order valence-corrected chi connectivity index (χ4v) is 4.08. The second-order valence-corrected chi connectivity index (χ2v) is 10.0. The summed E-state index contributed by atoms with van der Waals surface area (Å²) in [4.78, 5) is 59.2. The van der Waals surface area contributed by atoms with Gasteiger partial charge in [0.2, 0.25) is 17.7 Å². The number of nitrogens with zero attached hydrogens (tertiary/aromatic N) is 2. The van der Waals surface area contributed by atoms with Gasteiger partial charge in [-0.15, -0.1) is 0 Å². The van der Waals surface area contributed by atoms with Gasteiger partial charge in [0.1, 0.15) is 18.1 Å². The van der Waals surface area contributed by atoms with Crippen molar-refractivity contribution in [1.82, 2.24) is 16.0 Å². The SMILES string of the molecule is NCCCCC(NC(=O)C(CCCN=C(N)N)NC(=O)C(CCCN=C(N)N)NC(=O)C(N)Cc1ccccc1)C(=O)O. The second-order valence-electron chi connectivity index (χ2n) is 10.0. The van der Waals surface area contributed by atoms with Gasteiger partial charge in [-0.2, -0.15) is 0 Å². The molecule has 0 saturated carbocycles. The van der Waals surface area contributed by atoms with Crippen LogP contribution in [-0.4, -0.2) is 84.5 Å². The highest BCUT2D eigenvalue weighted by molar-refractivity contribution is 5.94. The van der Waals surface area contributed by atoms with Crippen LogP contribution in [0.5, 0.6) is 0 Å². The lowest BCUT2D eigenvalue weighted by molar-refractivity contribution is -0.142. The van der Waals surface area contributed by atoms with Crippen LogP contribution in [0.15, 0.2) is 40.3 Å². The molecule has 3 amide bonds. The summed E-state index contributed by atoms with van der Waals surface area (Å²) in [5, 5.41) is 17.4. The second kappa shape index (κ2) is 20.4. The Morgan fingerprint density at radius 1 is 0.698 bits per heavy atom. The van der Waals surface area contributed by atoms with Gasteiger partial charge in [0.05, 0.1) is 6.04 Å². The van der Waals surface area contributed by atoms with Crippen molar-refractivity contribution < 1.29 is 24.3 Å². The van der Waals surface area contributed by atoms with E-state index in [1.807, 2.05) is 30.3 Å². The minimum Gasteiger partial charge on any atom is -0.480 e. The Bertz CT molecular complexity index is 1080. The van der Waals surface area contributed by atoms with Crippen molar-refractivity contribution >= 4 is 35.6 Å². The standard InChI is InChI=1S/C27H47N11O5/c28-13-5-4-10-21(25(42)43)38-24(41)20(12-7-15-35-27(32)33)37-23(40)19(11-6-14-34-26(30)31)36-22(39)18(29)16-17-8-2-1-3-9-17/h1-3,8-9,18-21H,4-7,10-16,28-29H2,(H,36,39)(H,37,40)(H,38,41)(H,42,43)(H4,30,31,34)(H4,32,33,35). The molecule has 4 unspecified atom stereocenters. The molecular weight excluding hydrogens is 558 g/mol. The third-order valence-electron chi connectivity index (χ3n) is 6.35. The number of aliphatic imine (C=N–C) groups is 2. The van der Waals surface area contributed by atoms with E-state index in [-0.39, 0.29) is 50.7 Å². The number of carboxylic acid groups (broad SMARTS) is 1. The molecule has 43 heavy (non-hydrogen) atoms. The summed E-state index contributed by atoms with van der Waals surface area (Å²) in [7, 11) is 0. The molecule has 0 heterocycles. The molecule has 0 bridgehead atoms. The van der Waals surface area contributed by atoms with Crippen LogP contribution >= 0.6 is 0 Å². The minimum atomic E-state index is -1.21. The molecule has 0 saturated heterocycles. The van der Waals surface area contributed by atoms with Crippen molar-refractivity contribution in [2.75, 3.05) is 19.6 Å². The summed E-state index contributed by atoms with van der Waals surface area (Å²) in [5.74, 6) is -3.40. The quantitative estimate of drug-likeness (QED) is 0.0391. The number of carboxylic acids is 1. The van der Waals surface area contributed by atoms with Crippen LogP contribution < -0.4 is 50.4 Å². The molecule has 240 valence electrons. The zero-order valence-corrected chi connectivity index (χ0v) is 24.4. The molecule has 1 aromatic carbocycles. The van der Waals surface area contributed by atoms with E-state index in [0.717, 1.165) is 5.56 Å². The average Bonchev–Trinajstić information content (AvgIpc) is 2.95. The summed E-state index contributed by atoms with van der Waals surface area (Å²) < 4.78 is 0. The van der Waals surface area contributed by atoms with Crippen LogP contribution in [0.25, 0.3) is 0 Å². The third kappa shape index (κ3) is 16.0. The summed E-state index contributed by atoms with van der Waals surface area (Å²) in [5.41, 5.74) is 34.0. The first-order chi connectivity index (χ1) is 20.4. The van der Waals surface area contributed by atoms with Crippen LogP contribution in [0.1, 0.15) is 50.5 Å². The highest BCUT2D eigenvalue weighted by atomic mass is 16.4. The zero-order valence-electron chi connectivity index (χ0n) is 24.4. The first kappa shape index (κ1) is 36.6. The largest absolute Gasteiger partial charge is 0.480 e. The molecule has 0 aliphatic carbocycles. The van der Waals surface area contributed by atoms with Crippen molar-refractivity contribution in [3.8, 4) is 0 Å². The smallest absolute Gasteiger partial charge is 0.326 e. The van der Waals surface area contributed by atoms with Gasteiger partial charge >= 0.3 is 5.97 Å². The molecule has 1 aromatic rings. The van der Waals surface area contributed by atoms with Crippen LogP contribution in [0.4, 0.5) is 0 Å². The van der Waals surface area contributed by atoms with Gasteiger partial charge < -0.3 is 55.5 Å². The van der Waals surface area contributed by atoms with E-state index in [1.165, 1.54) is 0 Å². The number of benzene rings is 1. The molecule has 0 aliphatic rings. The number of carbonyl (C=O) groups excluding carboxylic acids is 3. The number of hydrogen-bond acceptors (Lipinski definition) is 8. The Morgan fingerprint density at radius 2 is 1.16 bits per heavy atom. The molecule has 0 spiro atoms. The van der Waals surface area contributed by atoms with E-state index in [1.54, 1.807) is 0 Å². The molecule has 1 rings (SSSR count). The number of carbonyl (C=O) groups is 4. The lowest BCUT2D eigenvalue weighted by Crippen LogP contribution is -2.57. The number of unbranched alkanes of at least 4 members (excludes halogenated alkanes) is 1. The maximum Gasteiger partial charge on any atom is 0.326 e. The van der Waals surface area contributed by atoms with E-state index in [0.29, 0.717) is 32.2 Å². The highest BCUT2D eigenvalue weighted by Gasteiger charge is 2.30. The van der Waals surface area contributed by atoms with Crippen molar-refractivity contribution in [2.24, 2.45) is 44.4 Å². The fraction of sp³-hybridized carbons (Fsp3) is 0.556. The van der Waals surface area contributed by atoms with Gasteiger partial charge in [0, 0.05) is 13.1 Å². The van der Waals surface area contributed by atoms with Gasteiger partial charge in [-0.25, -0.2) is 4.79 Å². The summed E-state index contributed by atoms with van der Waals surface area (Å²) in [6.07, 6.45) is 2.32. The van der Waals surface area contributed by atoms with Gasteiger partial charge in [-0.05, 0) is 63.5 Å². The fourth-order valence-electron chi connectivity index (χ4n) is 4.08. The van der Waals surface area contributed by atoms with Crippen molar-refractivity contribution in [3.05, 3.63) is 35.9 Å². The van der Waals surface area contributed by atoms with E-state index in [2.05, 4.69) is 25.9 Å². The maximum absolute atomic E-state index is 13.4. The molecule has 16 N–H and O–H groups in total. The molecule has 16 nitrogen and oxygen atoms in total. The first-order valence-corrected chi connectivity index (χ1v) is 14.2. The number of nitrogens with one attached hydrogen (secondary N) is 3. The average molecular weight is 606 g/mol. The number of aliphatic carboxylic acids is 1. The summed E-state index contributed by atoms with van der Waals surface area (Å²) >= 11 is 0. The van der Waals surface area contributed by atoms with Crippen molar-refractivity contribution in [1.29, 1.82) is 0 Å². The Labute approximate surface area is 251 Å². The van der Waals surface area contributed by atoms with Gasteiger partial charge in [0.25, 0.3) is 0 Å². The van der Waals surface area contributed by atoms with Crippen molar-refractivity contribution in [2.45, 2.75) is 75.5 Å². The van der Waals surface area contributed by atoms with Crippen molar-refractivity contribution in [3.63, 3.8) is 0 Å². The number of amides is 3. The Hall–Kier alpha value is -4.44. The van der Waals surface area contributed by atoms with E-state index in [9.17, 15) is 24.3 Å². The van der Waals surface area contributed by atoms with E-state index in [4.69, 9.17) is 34.4 Å². The van der Waals surface area contributed by atoms with Gasteiger partial charge in [0.15, 0.2) is 11.9 Å². The summed E-state index contributed by atoms with van der Waals surface area (Å²) in [6.45, 7) is 0.756. The Morgan fingerprint density at radius 3 is 1.63 bits per heavy atom. The van der Waals surface area contributed by atoms with Crippen LogP contribution in [0, 0.1) is 0 Å². The van der Waals surface area contributed by atoms with Crippen LogP contribution in [-0.2, 0) is 25.6 Å². The topological polar surface area (TPSA) is 305 Å². The minimum absolute atomic E-state index is 0.0890. The molecular formula is C27H47N11O5. The number of guanidine groups is 2. The Balaban J connectivity index is 3.08. The number of nitrogens with two attached hydrogens (primary N) is 6. The normalized spacial score (nSPS) is 13.4. The third-order valence-corrected chi connectivity index (χ3v) is 6.35. The van der Waals surface area contributed by atoms with Gasteiger partial charge in [-0.1, -0.05) is 30.3 Å². The molecule has 16 heteroatoms. The highest BCUT2D eigenvalue weighted by Crippen LogP contribution is 2.08. The molecule has 0 aromatic heterocycles. The first-order valence-electron chi connectivity index (χ1n) is 14.2. The molecule has 4 atom stereocenters. The van der Waals surface area contributed by atoms with E-state index < -0.39 is 47.9 Å². The zero-order chi connectivity index (χ0) is 32.2. The molecule has 0 aliphatic heterocycles. The van der Waals surface area contributed by atoms with Crippen LogP contribution in [0.3, 0.4) is 0 Å². The van der Waals surface area contributed by atoms with Crippen LogP contribution in [0.2, 0.25) is 0 Å². The lowest BCUT2D eigenvalue weighted by Gasteiger charge is -2.25. The predicted molar refractivity (Wildman–Crippen MR) is 164 cm³/mol. The van der Waals surface area contributed by atoms with E-state index >= 15 is 0 Å². The monoisotopic (exact) mass is 605 g/mol. The maximum atomic E-state index is 13.4. The Kier molecular flexibility index (Phi) is 17.4. The molecule has 0 radical (unpaired) electrons. The number of hydrogen-bond donors (Lipinski definition) is 10. The van der Waals surface area contributed by atoms with Gasteiger partial charge in [-0.3, -0.25) is 24.4 Å². The molecule has 0 fully saturated rings. The lowest BCUT2D eigenvalue weighted by atomic mass is 10.0.